The van der Waals surface area contributed by atoms with Crippen molar-refractivity contribution in [2.45, 2.75) is 32.4 Å². The minimum Gasteiger partial charge on any atom is -0.347 e. The van der Waals surface area contributed by atoms with Gasteiger partial charge in [-0.3, -0.25) is 4.79 Å². The zero-order chi connectivity index (χ0) is 17.6. The Morgan fingerprint density at radius 2 is 2.04 bits per heavy atom. The average molecular weight is 377 g/mol. The predicted molar refractivity (Wildman–Crippen MR) is 105 cm³/mol. The van der Waals surface area contributed by atoms with Crippen molar-refractivity contribution < 1.29 is 4.79 Å². The number of thiophene rings is 1. The number of amides is 1. The van der Waals surface area contributed by atoms with Crippen LogP contribution in [0, 0.1) is 0 Å². The summed E-state index contributed by atoms with van der Waals surface area (Å²) in [7, 11) is 2.12. The van der Waals surface area contributed by atoms with Gasteiger partial charge in [-0.15, -0.1) is 0 Å². The molecule has 1 saturated heterocycles. The van der Waals surface area contributed by atoms with Gasteiger partial charge in [0.15, 0.2) is 0 Å². The molecule has 1 atom stereocenters. The molecule has 0 N–H and O–H groups in total. The van der Waals surface area contributed by atoms with Gasteiger partial charge in [0.2, 0.25) is 5.91 Å². The van der Waals surface area contributed by atoms with E-state index in [1.54, 1.807) is 22.7 Å². The molecule has 0 radical (unpaired) electrons. The number of fused-ring (bicyclic) bond motifs is 1. The van der Waals surface area contributed by atoms with Crippen LogP contribution in [-0.4, -0.2) is 66.0 Å². The molecule has 0 aliphatic carbocycles. The lowest BCUT2D eigenvalue weighted by Gasteiger charge is -2.37. The van der Waals surface area contributed by atoms with Crippen LogP contribution in [0.25, 0.3) is 10.6 Å². The third kappa shape index (κ3) is 3.09. The van der Waals surface area contributed by atoms with Crippen LogP contribution in [0.1, 0.15) is 19.5 Å². The average Bonchev–Trinajstić information content (AvgIpc) is 3.29. The number of rotatable bonds is 3. The van der Waals surface area contributed by atoms with Crippen molar-refractivity contribution in [2.75, 3.05) is 38.1 Å². The fraction of sp³-hybridized carbons (Fsp3) is 0.556. The first-order valence-electron chi connectivity index (χ1n) is 8.82. The number of carbonyl (C=O) groups is 1. The SMILES string of the molecule is CC(C)N1c2sc(-c3ccsc3)nc2CC1C(=O)N1CCN(C)CC1. The molecule has 2 aromatic heterocycles. The van der Waals surface area contributed by atoms with Crippen molar-refractivity contribution >= 4 is 33.6 Å². The molecular formula is C18H24N4OS2. The van der Waals surface area contributed by atoms with E-state index in [0.717, 1.165) is 43.3 Å². The molecule has 0 aromatic carbocycles. The third-order valence-electron chi connectivity index (χ3n) is 5.06. The Bertz CT molecular complexity index is 747. The number of thiazole rings is 1. The molecule has 2 aromatic rings. The summed E-state index contributed by atoms with van der Waals surface area (Å²) < 4.78 is 0. The lowest BCUT2D eigenvalue weighted by atomic mass is 10.1. The van der Waals surface area contributed by atoms with Gasteiger partial charge in [-0.1, -0.05) is 11.3 Å². The van der Waals surface area contributed by atoms with Crippen LogP contribution in [0.15, 0.2) is 16.8 Å². The molecule has 4 heterocycles. The topological polar surface area (TPSA) is 39.7 Å². The molecule has 1 unspecified atom stereocenters. The van der Waals surface area contributed by atoms with Crippen LogP contribution in [0.2, 0.25) is 0 Å². The second kappa shape index (κ2) is 6.70. The fourth-order valence-electron chi connectivity index (χ4n) is 3.65. The second-order valence-corrected chi connectivity index (χ2v) is 8.89. The largest absolute Gasteiger partial charge is 0.347 e. The molecule has 1 amide bonds. The van der Waals surface area contributed by atoms with Crippen LogP contribution < -0.4 is 4.90 Å². The van der Waals surface area contributed by atoms with Crippen LogP contribution in [0.3, 0.4) is 0 Å². The highest BCUT2D eigenvalue weighted by Crippen LogP contribution is 2.42. The van der Waals surface area contributed by atoms with Crippen molar-refractivity contribution in [3.05, 3.63) is 22.5 Å². The monoisotopic (exact) mass is 376 g/mol. The van der Waals surface area contributed by atoms with Gasteiger partial charge in [0.1, 0.15) is 16.1 Å². The first kappa shape index (κ1) is 17.0. The Labute approximate surface area is 156 Å². The summed E-state index contributed by atoms with van der Waals surface area (Å²) in [6, 6.07) is 2.32. The highest BCUT2D eigenvalue weighted by Gasteiger charge is 2.41. The van der Waals surface area contributed by atoms with Gasteiger partial charge in [0, 0.05) is 49.6 Å². The number of aromatic nitrogens is 1. The first-order valence-corrected chi connectivity index (χ1v) is 10.6. The molecular weight excluding hydrogens is 352 g/mol. The van der Waals surface area contributed by atoms with E-state index in [4.69, 9.17) is 4.98 Å². The molecule has 25 heavy (non-hydrogen) atoms. The minimum absolute atomic E-state index is 0.0892. The Morgan fingerprint density at radius 3 is 2.68 bits per heavy atom. The summed E-state index contributed by atoms with van der Waals surface area (Å²) >= 11 is 3.42. The van der Waals surface area contributed by atoms with Crippen molar-refractivity contribution in [1.29, 1.82) is 0 Å². The Balaban J connectivity index is 1.58. The molecule has 7 heteroatoms. The fourth-order valence-corrected chi connectivity index (χ4v) is 5.64. The van der Waals surface area contributed by atoms with E-state index in [9.17, 15) is 4.79 Å². The number of likely N-dealkylation sites (N-methyl/N-ethyl adjacent to an activating group) is 1. The lowest BCUT2D eigenvalue weighted by molar-refractivity contribution is -0.134. The van der Waals surface area contributed by atoms with Crippen LogP contribution in [-0.2, 0) is 11.2 Å². The summed E-state index contributed by atoms with van der Waals surface area (Å²) in [6.07, 6.45) is 0.735. The van der Waals surface area contributed by atoms with E-state index in [0.29, 0.717) is 6.04 Å². The normalized spacial score (nSPS) is 21.2. The number of hydrogen-bond acceptors (Lipinski definition) is 6. The maximum atomic E-state index is 13.1. The first-order chi connectivity index (χ1) is 12.0. The zero-order valence-electron chi connectivity index (χ0n) is 14.9. The summed E-state index contributed by atoms with van der Waals surface area (Å²) in [5.41, 5.74) is 2.28. The van der Waals surface area contributed by atoms with Gasteiger partial charge in [-0.05, 0) is 32.3 Å². The summed E-state index contributed by atoms with van der Waals surface area (Å²) in [5, 5.41) is 6.48. The lowest BCUT2D eigenvalue weighted by Crippen LogP contribution is -2.54. The van der Waals surface area contributed by atoms with E-state index in [-0.39, 0.29) is 11.9 Å². The maximum Gasteiger partial charge on any atom is 0.245 e. The Hall–Kier alpha value is -1.44. The van der Waals surface area contributed by atoms with Gasteiger partial charge >= 0.3 is 0 Å². The van der Waals surface area contributed by atoms with Gasteiger partial charge in [0.05, 0.1) is 5.69 Å². The van der Waals surface area contributed by atoms with Gasteiger partial charge in [0.25, 0.3) is 0 Å². The quantitative estimate of drug-likeness (QED) is 0.826. The molecule has 1 fully saturated rings. The molecule has 0 bridgehead atoms. The Morgan fingerprint density at radius 1 is 1.28 bits per heavy atom. The van der Waals surface area contributed by atoms with Crippen LogP contribution >= 0.6 is 22.7 Å². The predicted octanol–water partition coefficient (Wildman–Crippen LogP) is 2.79. The number of carbonyl (C=O) groups excluding carboxylic acids is 1. The third-order valence-corrected chi connectivity index (χ3v) is 6.90. The van der Waals surface area contributed by atoms with Gasteiger partial charge in [-0.2, -0.15) is 11.3 Å². The van der Waals surface area contributed by atoms with E-state index in [1.165, 1.54) is 10.6 Å². The van der Waals surface area contributed by atoms with E-state index >= 15 is 0 Å². The number of piperazine rings is 1. The molecule has 4 rings (SSSR count). The molecule has 2 aliphatic rings. The number of nitrogens with zero attached hydrogens (tertiary/aromatic N) is 4. The van der Waals surface area contributed by atoms with Crippen molar-refractivity contribution in [3.8, 4) is 10.6 Å². The molecule has 0 saturated carbocycles. The van der Waals surface area contributed by atoms with E-state index in [2.05, 4.69) is 47.5 Å². The van der Waals surface area contributed by atoms with E-state index in [1.807, 2.05) is 4.90 Å². The summed E-state index contributed by atoms with van der Waals surface area (Å²) in [5.74, 6) is 0.268. The van der Waals surface area contributed by atoms with E-state index < -0.39 is 0 Å². The summed E-state index contributed by atoms with van der Waals surface area (Å²) in [4.78, 5) is 24.6. The van der Waals surface area contributed by atoms with Crippen molar-refractivity contribution in [3.63, 3.8) is 0 Å². The molecule has 0 spiro atoms. The van der Waals surface area contributed by atoms with Crippen LogP contribution in [0.5, 0.6) is 0 Å². The molecule has 134 valence electrons. The summed E-state index contributed by atoms with van der Waals surface area (Å²) in [6.45, 7) is 7.93. The highest BCUT2D eigenvalue weighted by atomic mass is 32.1. The Kier molecular flexibility index (Phi) is 4.56. The van der Waals surface area contributed by atoms with Crippen LogP contribution in [0.4, 0.5) is 5.00 Å². The highest BCUT2D eigenvalue weighted by molar-refractivity contribution is 7.19. The zero-order valence-corrected chi connectivity index (χ0v) is 16.6. The van der Waals surface area contributed by atoms with Crippen molar-refractivity contribution in [1.82, 2.24) is 14.8 Å². The van der Waals surface area contributed by atoms with Crippen molar-refractivity contribution in [2.24, 2.45) is 0 Å². The molecule has 5 nitrogen and oxygen atoms in total. The maximum absolute atomic E-state index is 13.1. The smallest absolute Gasteiger partial charge is 0.245 e. The minimum atomic E-state index is -0.0892. The second-order valence-electron chi connectivity index (χ2n) is 7.13. The van der Waals surface area contributed by atoms with Gasteiger partial charge < -0.3 is 14.7 Å². The number of anilines is 1. The standard InChI is InChI=1S/C18H24N4OS2/c1-12(2)22-15(17(23)21-7-5-20(3)6-8-21)10-14-18(22)25-16(19-14)13-4-9-24-11-13/h4,9,11-12,15H,5-8,10H2,1-3H3. The molecule has 2 aliphatic heterocycles. The number of hydrogen-bond donors (Lipinski definition) is 0. The van der Waals surface area contributed by atoms with Gasteiger partial charge in [-0.25, -0.2) is 4.98 Å².